The van der Waals surface area contributed by atoms with Crippen LogP contribution in [-0.2, 0) is 14.2 Å². The number of carbonyl (C=O) groups excluding carboxylic acids is 2. The maximum absolute atomic E-state index is 10.4. The minimum atomic E-state index is -1.04. The van der Waals surface area contributed by atoms with Crippen molar-refractivity contribution in [3.63, 3.8) is 0 Å². The summed E-state index contributed by atoms with van der Waals surface area (Å²) in [4.78, 5) is 20.8. The van der Waals surface area contributed by atoms with Gasteiger partial charge in [-0.05, 0) is 13.8 Å². The summed E-state index contributed by atoms with van der Waals surface area (Å²) >= 11 is 0. The van der Waals surface area contributed by atoms with Crippen molar-refractivity contribution in [2.75, 3.05) is 13.2 Å². The van der Waals surface area contributed by atoms with E-state index in [1.807, 2.05) is 0 Å². The number of carbonyl (C=O) groups is 2. The maximum atomic E-state index is 10.4. The summed E-state index contributed by atoms with van der Waals surface area (Å²) in [6.45, 7) is 3.54. The molecule has 0 radical (unpaired) electrons. The molecule has 0 aromatic carbocycles. The smallest absolute Gasteiger partial charge is 1.00 e. The van der Waals surface area contributed by atoms with Crippen LogP contribution in [0, 0.1) is 0 Å². The summed E-state index contributed by atoms with van der Waals surface area (Å²) in [6.07, 6.45) is -2.07. The van der Waals surface area contributed by atoms with E-state index in [0.29, 0.717) is 0 Å². The maximum Gasteiger partial charge on any atom is 1.00 e. The van der Waals surface area contributed by atoms with Crippen LogP contribution in [0.25, 0.3) is 0 Å². The molecule has 0 saturated heterocycles. The topological polar surface area (TPSA) is 61.8 Å². The van der Waals surface area contributed by atoms with Gasteiger partial charge in [0.1, 0.15) is 0 Å². The first kappa shape index (κ1) is 18.7. The van der Waals surface area contributed by atoms with Gasteiger partial charge in [-0.25, -0.2) is 9.59 Å². The number of rotatable bonds is 2. The van der Waals surface area contributed by atoms with Gasteiger partial charge in [0, 0.05) is 0 Å². The largest absolute Gasteiger partial charge is 1.00 e. The molecule has 0 bridgehead atoms. The average molecular weight is 221 g/mol. The molecular weight excluding hydrogens is 211 g/mol. The number of hydrogen-bond donors (Lipinski definition) is 0. The van der Waals surface area contributed by atoms with E-state index in [2.05, 4.69) is 14.2 Å². The van der Waals surface area contributed by atoms with E-state index in [9.17, 15) is 9.59 Å². The van der Waals surface area contributed by atoms with E-state index >= 15 is 0 Å². The van der Waals surface area contributed by atoms with E-state index in [1.165, 1.54) is 0 Å². The van der Waals surface area contributed by atoms with E-state index in [1.54, 1.807) is 13.8 Å². The van der Waals surface area contributed by atoms with Crippen molar-refractivity contribution >= 4 is 12.3 Å². The molecule has 13 heavy (non-hydrogen) atoms. The zero-order valence-electron chi connectivity index (χ0n) is 7.83. The first-order chi connectivity index (χ1) is 5.20. The Morgan fingerprint density at radius 3 is 1.54 bits per heavy atom. The standard InChI is InChI=1S/C6H10O5.ClH.Na/c1-3-9-5(7)11-6(8)10-4-2;;/h3-4H2,1-2H3;1H;/q;;+1/p-1. The molecule has 0 spiro atoms. The number of ether oxygens (including phenoxy) is 3. The molecule has 0 amide bonds. The monoisotopic (exact) mass is 220 g/mol. The van der Waals surface area contributed by atoms with Crippen LogP contribution >= 0.6 is 0 Å². The van der Waals surface area contributed by atoms with Crippen LogP contribution in [0.5, 0.6) is 0 Å². The van der Waals surface area contributed by atoms with Crippen molar-refractivity contribution in [2.24, 2.45) is 0 Å². The molecule has 0 fully saturated rings. The normalized spacial score (nSPS) is 7.23. The Balaban J connectivity index is -0.000000500. The van der Waals surface area contributed by atoms with Gasteiger partial charge in [0.15, 0.2) is 0 Å². The fourth-order valence-electron chi connectivity index (χ4n) is 0.363. The summed E-state index contributed by atoms with van der Waals surface area (Å²) < 4.78 is 12.6. The molecule has 0 aromatic heterocycles. The van der Waals surface area contributed by atoms with Gasteiger partial charge >= 0.3 is 41.9 Å². The van der Waals surface area contributed by atoms with Gasteiger partial charge in [-0.1, -0.05) is 0 Å². The molecule has 0 aromatic rings. The van der Waals surface area contributed by atoms with Gasteiger partial charge in [0.05, 0.1) is 13.2 Å². The van der Waals surface area contributed by atoms with E-state index < -0.39 is 12.3 Å². The summed E-state index contributed by atoms with van der Waals surface area (Å²) in [7, 11) is 0. The Morgan fingerprint density at radius 1 is 1.00 bits per heavy atom. The third-order valence-electron chi connectivity index (χ3n) is 0.691. The summed E-state index contributed by atoms with van der Waals surface area (Å²) in [5.74, 6) is 0. The molecule has 0 aliphatic carbocycles. The first-order valence-electron chi connectivity index (χ1n) is 3.22. The van der Waals surface area contributed by atoms with Crippen LogP contribution in [0.4, 0.5) is 9.59 Å². The Bertz CT molecular complexity index is 136. The second kappa shape index (κ2) is 12.0. The number of hydrogen-bond acceptors (Lipinski definition) is 5. The quantitative estimate of drug-likeness (QED) is 0.266. The van der Waals surface area contributed by atoms with Crippen LogP contribution in [0.15, 0.2) is 0 Å². The van der Waals surface area contributed by atoms with Gasteiger partial charge < -0.3 is 26.6 Å². The van der Waals surface area contributed by atoms with Gasteiger partial charge in [0.25, 0.3) is 0 Å². The molecule has 0 saturated carbocycles. The zero-order chi connectivity index (χ0) is 8.69. The predicted molar refractivity (Wildman–Crippen MR) is 35.1 cm³/mol. The molecule has 0 aliphatic heterocycles. The second-order valence-corrected chi connectivity index (χ2v) is 1.47. The SMILES string of the molecule is CCOC(=O)OC(=O)OCC.[Cl-].[Na+]. The minimum absolute atomic E-state index is 0. The van der Waals surface area contributed by atoms with Crippen LogP contribution in [0.2, 0.25) is 0 Å². The molecule has 0 rings (SSSR count). The molecule has 5 nitrogen and oxygen atoms in total. The fraction of sp³-hybridized carbons (Fsp3) is 0.667. The Morgan fingerprint density at radius 2 is 1.31 bits per heavy atom. The van der Waals surface area contributed by atoms with Crippen molar-refractivity contribution in [3.8, 4) is 0 Å². The van der Waals surface area contributed by atoms with E-state index in [-0.39, 0.29) is 55.2 Å². The van der Waals surface area contributed by atoms with Crippen LogP contribution < -0.4 is 42.0 Å². The van der Waals surface area contributed by atoms with Gasteiger partial charge in [-0.2, -0.15) is 0 Å². The van der Waals surface area contributed by atoms with E-state index in [0.717, 1.165) is 0 Å². The molecule has 0 atom stereocenters. The van der Waals surface area contributed by atoms with Gasteiger partial charge in [0.2, 0.25) is 0 Å². The molecule has 7 heteroatoms. The summed E-state index contributed by atoms with van der Waals surface area (Å²) in [6, 6.07) is 0. The summed E-state index contributed by atoms with van der Waals surface area (Å²) in [5.41, 5.74) is 0. The second-order valence-electron chi connectivity index (χ2n) is 1.47. The van der Waals surface area contributed by atoms with E-state index in [4.69, 9.17) is 0 Å². The van der Waals surface area contributed by atoms with Crippen LogP contribution in [-0.4, -0.2) is 25.5 Å². The van der Waals surface area contributed by atoms with Crippen molar-refractivity contribution in [3.05, 3.63) is 0 Å². The molecule has 0 unspecified atom stereocenters. The third-order valence-corrected chi connectivity index (χ3v) is 0.691. The molecule has 72 valence electrons. The van der Waals surface area contributed by atoms with Crippen molar-refractivity contribution < 1.29 is 65.8 Å². The Hall–Kier alpha value is 0.0300. The van der Waals surface area contributed by atoms with Gasteiger partial charge in [-0.3, -0.25) is 0 Å². The summed E-state index contributed by atoms with van der Waals surface area (Å²) in [5, 5.41) is 0. The average Bonchev–Trinajstić information content (AvgIpc) is 1.87. The van der Waals surface area contributed by atoms with Crippen LogP contribution in [0.3, 0.4) is 0 Å². The predicted octanol–water partition coefficient (Wildman–Crippen LogP) is -4.68. The molecule has 0 N–H and O–H groups in total. The fourth-order valence-corrected chi connectivity index (χ4v) is 0.363. The van der Waals surface area contributed by atoms with Crippen molar-refractivity contribution in [2.45, 2.75) is 13.8 Å². The third kappa shape index (κ3) is 12.0. The molecule has 0 heterocycles. The van der Waals surface area contributed by atoms with Crippen molar-refractivity contribution in [1.82, 2.24) is 0 Å². The Labute approximate surface area is 105 Å². The molecular formula is C6H10ClNaO5. The Kier molecular flexibility index (Phi) is 17.3. The van der Waals surface area contributed by atoms with Crippen molar-refractivity contribution in [1.29, 1.82) is 0 Å². The van der Waals surface area contributed by atoms with Gasteiger partial charge in [-0.15, -0.1) is 0 Å². The zero-order valence-corrected chi connectivity index (χ0v) is 10.6. The minimum Gasteiger partial charge on any atom is -1.00 e. The number of halogens is 1. The molecule has 0 aliphatic rings. The van der Waals surface area contributed by atoms with Crippen LogP contribution in [0.1, 0.15) is 13.8 Å². The first-order valence-corrected chi connectivity index (χ1v) is 3.22.